The van der Waals surface area contributed by atoms with E-state index in [0.29, 0.717) is 0 Å². The summed E-state index contributed by atoms with van der Waals surface area (Å²) in [7, 11) is 0. The molecule has 0 aromatic heterocycles. The maximum absolute atomic E-state index is 10.6. The predicted octanol–water partition coefficient (Wildman–Crippen LogP) is -3.87. The molecule has 0 bridgehead atoms. The fourth-order valence-electron chi connectivity index (χ4n) is 0.904. The zero-order valence-corrected chi connectivity index (χ0v) is 12.3. The minimum absolute atomic E-state index is 0. The van der Waals surface area contributed by atoms with E-state index in [-0.39, 0.29) is 57.3 Å². The van der Waals surface area contributed by atoms with Crippen LogP contribution in [0, 0.1) is 0 Å². The third-order valence-corrected chi connectivity index (χ3v) is 1.40. The summed E-state index contributed by atoms with van der Waals surface area (Å²) in [4.78, 5) is 10.6. The van der Waals surface area contributed by atoms with Gasteiger partial charge in [0.25, 0.3) is 0 Å². The molecule has 1 fully saturated rings. The minimum atomic E-state index is -5.62. The summed E-state index contributed by atoms with van der Waals surface area (Å²) in [5, 5.41) is 2.81. The molecular weight excluding hydrogens is 260 g/mol. The van der Waals surface area contributed by atoms with Crippen LogP contribution in [0.3, 0.4) is 0 Å². The van der Waals surface area contributed by atoms with Crippen molar-refractivity contribution >= 4 is 5.91 Å². The van der Waals surface area contributed by atoms with Crippen LogP contribution in [0.4, 0.5) is 0 Å². The van der Waals surface area contributed by atoms with E-state index < -0.39 is 13.0 Å². The quantitative estimate of drug-likeness (QED) is 0.454. The van der Waals surface area contributed by atoms with Gasteiger partial charge in [-0.1, -0.05) is 6.42 Å². The Balaban J connectivity index is 0. The van der Waals surface area contributed by atoms with Crippen molar-refractivity contribution in [2.45, 2.75) is 25.7 Å². The van der Waals surface area contributed by atoms with Crippen molar-refractivity contribution in [1.29, 1.82) is 0 Å². The van der Waals surface area contributed by atoms with Gasteiger partial charge < -0.3 is 5.32 Å². The van der Waals surface area contributed by atoms with Gasteiger partial charge in [0.05, 0.1) is 0 Å². The molecule has 0 radical (unpaired) electrons. The topological polar surface area (TPSA) is 103 Å². The molecule has 78 valence electrons. The number of amides is 1. The van der Waals surface area contributed by atoms with E-state index in [9.17, 15) is 4.79 Å². The molecule has 1 aliphatic heterocycles. The van der Waals surface area contributed by atoms with Gasteiger partial charge in [0.1, 0.15) is 0 Å². The Hall–Kier alpha value is 0.986. The molecule has 0 atom stereocenters. The molecule has 6 nitrogen and oxygen atoms in total. The van der Waals surface area contributed by atoms with Gasteiger partial charge in [-0.3, -0.25) is 4.79 Å². The maximum atomic E-state index is 10.6. The Morgan fingerprint density at radius 1 is 1.14 bits per heavy atom. The molecule has 1 aliphatic rings. The zero-order chi connectivity index (χ0) is 10.3. The number of nitrogens with one attached hydrogen (secondary N) is 1. The fourth-order valence-corrected chi connectivity index (χ4v) is 0.904. The number of carbonyl (C=O) groups is 1. The first kappa shape index (κ1) is 17.4. The Kier molecular flexibility index (Phi) is 11.5. The second kappa shape index (κ2) is 9.23. The molecule has 8 heteroatoms. The van der Waals surface area contributed by atoms with Crippen molar-refractivity contribution in [3.8, 4) is 0 Å². The number of rotatable bonds is 0. The Morgan fingerprint density at radius 3 is 2.14 bits per heavy atom. The molecule has 1 amide bonds. The van der Waals surface area contributed by atoms with Crippen molar-refractivity contribution in [2.24, 2.45) is 0 Å². The first-order valence-corrected chi connectivity index (χ1v) is 5.71. The number of hydrogen-bond acceptors (Lipinski definition) is 5. The molecule has 14 heavy (non-hydrogen) atoms. The van der Waals surface area contributed by atoms with Gasteiger partial charge in [-0.2, -0.15) is 0 Å². The Morgan fingerprint density at radius 2 is 1.64 bits per heavy atom. The first-order chi connectivity index (χ1) is 5.89. The summed E-state index contributed by atoms with van der Waals surface area (Å²) in [6.45, 7) is 0.888. The van der Waals surface area contributed by atoms with Gasteiger partial charge in [0.2, 0.25) is 5.91 Å². The van der Waals surface area contributed by atoms with Crippen LogP contribution >= 0.6 is 0 Å². The molecule has 1 heterocycles. The van der Waals surface area contributed by atoms with Gasteiger partial charge >= 0.3 is 80.0 Å². The second-order valence-electron chi connectivity index (χ2n) is 2.54. The summed E-state index contributed by atoms with van der Waals surface area (Å²) >= 11 is -5.62. The van der Waals surface area contributed by atoms with Crippen molar-refractivity contribution in [3.05, 3.63) is 0 Å². The van der Waals surface area contributed by atoms with Crippen LogP contribution in [-0.2, 0) is 29.3 Å². The van der Waals surface area contributed by atoms with Crippen molar-refractivity contribution < 1.29 is 84.8 Å². The van der Waals surface area contributed by atoms with Crippen LogP contribution in [0.5, 0.6) is 0 Å². The Bertz CT molecular complexity index is 282. The van der Waals surface area contributed by atoms with Gasteiger partial charge in [-0.15, -0.1) is 0 Å². The molecule has 0 aromatic carbocycles. The van der Waals surface area contributed by atoms with Crippen LogP contribution in [0.15, 0.2) is 0 Å². The summed E-state index contributed by atoms with van der Waals surface area (Å²) in [5.74, 6) is 0.225. The van der Waals surface area contributed by atoms with E-state index in [1.54, 1.807) is 0 Å². The van der Waals surface area contributed by atoms with Crippen molar-refractivity contribution in [1.82, 2.24) is 5.32 Å². The normalized spacial score (nSPS) is 16.5. The SMILES string of the molecule is O=C1CCCCCN1.[K+].[O]=[Mn](=[O])(=[O])[O-]. The van der Waals surface area contributed by atoms with E-state index in [0.717, 1.165) is 25.8 Å². The van der Waals surface area contributed by atoms with E-state index in [1.165, 1.54) is 6.42 Å². The van der Waals surface area contributed by atoms with Crippen LogP contribution in [0.2, 0.25) is 0 Å². The number of carbonyl (C=O) groups excluding carboxylic acids is 1. The molecule has 1 rings (SSSR count). The van der Waals surface area contributed by atoms with Crippen LogP contribution in [0.1, 0.15) is 25.7 Å². The van der Waals surface area contributed by atoms with Gasteiger partial charge in [-0.05, 0) is 12.8 Å². The van der Waals surface area contributed by atoms with Crippen LogP contribution < -0.4 is 60.9 Å². The standard InChI is InChI=1S/C6H11NO.K.Mn.4O/c8-6-4-2-1-3-5-7-6;;;;;;/h1-5H2,(H,7,8);;;;;;/q;+1;;;;;-1. The van der Waals surface area contributed by atoms with Gasteiger partial charge in [-0.25, -0.2) is 0 Å². The average Bonchev–Trinajstić information content (AvgIpc) is 2.12. The Labute approximate surface area is 126 Å². The first-order valence-electron chi connectivity index (χ1n) is 3.78. The van der Waals surface area contributed by atoms with E-state index >= 15 is 0 Å². The molecule has 1 N–H and O–H groups in total. The van der Waals surface area contributed by atoms with Crippen molar-refractivity contribution in [2.75, 3.05) is 6.54 Å². The number of hydrogen-bond donors (Lipinski definition) is 1. The molecule has 0 aliphatic carbocycles. The van der Waals surface area contributed by atoms with Crippen LogP contribution in [-0.4, -0.2) is 12.5 Å². The molecule has 1 saturated heterocycles. The zero-order valence-electron chi connectivity index (χ0n) is 7.95. The molecule has 0 spiro atoms. The summed E-state index contributed by atoms with van der Waals surface area (Å²) in [6.07, 6.45) is 4.18. The van der Waals surface area contributed by atoms with Gasteiger partial charge in [0.15, 0.2) is 0 Å². The molecular formula is C6H11KMnNO5. The van der Waals surface area contributed by atoms with Crippen molar-refractivity contribution in [3.63, 3.8) is 0 Å². The molecule has 0 aromatic rings. The van der Waals surface area contributed by atoms with Crippen LogP contribution in [0.25, 0.3) is 0 Å². The molecule has 0 saturated carbocycles. The van der Waals surface area contributed by atoms with E-state index in [4.69, 9.17) is 15.7 Å². The predicted molar refractivity (Wildman–Crippen MR) is 33.5 cm³/mol. The monoisotopic (exact) mass is 271 g/mol. The summed E-state index contributed by atoms with van der Waals surface area (Å²) in [6, 6.07) is 0. The third kappa shape index (κ3) is 18.7. The van der Waals surface area contributed by atoms with Gasteiger partial charge in [0, 0.05) is 13.0 Å². The fraction of sp³-hybridized carbons (Fsp3) is 0.833. The second-order valence-corrected chi connectivity index (χ2v) is 3.72. The summed E-state index contributed by atoms with van der Waals surface area (Å²) < 4.78 is 34.3. The summed E-state index contributed by atoms with van der Waals surface area (Å²) in [5.41, 5.74) is 0. The third-order valence-electron chi connectivity index (χ3n) is 1.40. The average molecular weight is 271 g/mol. The van der Waals surface area contributed by atoms with E-state index in [2.05, 4.69) is 5.32 Å². The molecule has 0 unspecified atom stereocenters. The van der Waals surface area contributed by atoms with E-state index in [1.807, 2.05) is 0 Å².